The van der Waals surface area contributed by atoms with E-state index < -0.39 is 0 Å². The Morgan fingerprint density at radius 1 is 1.32 bits per heavy atom. The minimum absolute atomic E-state index is 0.0359. The quantitative estimate of drug-likeness (QED) is 0.887. The highest BCUT2D eigenvalue weighted by Gasteiger charge is 2.06. The molecule has 0 radical (unpaired) electrons. The Hall–Kier alpha value is -2.14. The van der Waals surface area contributed by atoms with E-state index in [0.717, 1.165) is 24.1 Å². The van der Waals surface area contributed by atoms with Crippen molar-refractivity contribution >= 4 is 17.5 Å². The number of aromatic nitrogens is 2. The second kappa shape index (κ2) is 7.75. The number of carbonyl (C=O) groups is 1. The number of hydrogen-bond acceptors (Lipinski definition) is 3. The average molecular weight is 320 g/mol. The van der Waals surface area contributed by atoms with Crippen LogP contribution in [0.5, 0.6) is 0 Å². The molecule has 1 amide bonds. The number of hydrogen-bond donors (Lipinski definition) is 1. The van der Waals surface area contributed by atoms with Gasteiger partial charge in [0, 0.05) is 23.3 Å². The molecular weight excluding hydrogens is 302 g/mol. The number of amides is 1. The molecule has 0 fully saturated rings. The van der Waals surface area contributed by atoms with Crippen LogP contribution in [0.3, 0.4) is 0 Å². The van der Waals surface area contributed by atoms with Crippen molar-refractivity contribution in [2.24, 2.45) is 0 Å². The summed E-state index contributed by atoms with van der Waals surface area (Å²) in [4.78, 5) is 28.0. The van der Waals surface area contributed by atoms with Crippen molar-refractivity contribution in [1.29, 1.82) is 0 Å². The highest BCUT2D eigenvalue weighted by molar-refractivity contribution is 6.30. The molecule has 1 aromatic heterocycles. The molecule has 0 unspecified atom stereocenters. The zero-order valence-corrected chi connectivity index (χ0v) is 13.1. The van der Waals surface area contributed by atoms with Crippen LogP contribution in [-0.4, -0.2) is 15.5 Å². The van der Waals surface area contributed by atoms with E-state index in [-0.39, 0.29) is 18.0 Å². The minimum Gasteiger partial charge on any atom is -0.350 e. The third-order valence-electron chi connectivity index (χ3n) is 3.16. The summed E-state index contributed by atoms with van der Waals surface area (Å²) in [6.45, 7) is 2.38. The van der Waals surface area contributed by atoms with Gasteiger partial charge in [0.05, 0.1) is 6.33 Å². The first kappa shape index (κ1) is 16.2. The van der Waals surface area contributed by atoms with E-state index in [0.29, 0.717) is 11.6 Å². The summed E-state index contributed by atoms with van der Waals surface area (Å²) < 4.78 is 1.30. The van der Waals surface area contributed by atoms with E-state index in [1.54, 1.807) is 12.1 Å². The van der Waals surface area contributed by atoms with Gasteiger partial charge >= 0.3 is 0 Å². The maximum atomic E-state index is 11.9. The Morgan fingerprint density at radius 2 is 2.05 bits per heavy atom. The van der Waals surface area contributed by atoms with Gasteiger partial charge in [-0.1, -0.05) is 37.1 Å². The third-order valence-corrected chi connectivity index (χ3v) is 3.41. The van der Waals surface area contributed by atoms with Crippen molar-refractivity contribution in [3.63, 3.8) is 0 Å². The van der Waals surface area contributed by atoms with Gasteiger partial charge in [-0.3, -0.25) is 14.2 Å². The molecule has 0 aliphatic carbocycles. The zero-order valence-electron chi connectivity index (χ0n) is 12.4. The van der Waals surface area contributed by atoms with Gasteiger partial charge in [0.15, 0.2) is 0 Å². The number of nitrogens with zero attached hydrogens (tertiary/aromatic N) is 2. The summed E-state index contributed by atoms with van der Waals surface area (Å²) in [5, 5.41) is 3.42. The van der Waals surface area contributed by atoms with Crippen LogP contribution in [0.15, 0.2) is 41.5 Å². The highest BCUT2D eigenvalue weighted by atomic mass is 35.5. The zero-order chi connectivity index (χ0) is 15.9. The molecule has 1 N–H and O–H groups in total. The van der Waals surface area contributed by atoms with Gasteiger partial charge in [-0.25, -0.2) is 4.98 Å². The van der Waals surface area contributed by atoms with Crippen LogP contribution in [0, 0.1) is 0 Å². The molecule has 5 nitrogen and oxygen atoms in total. The molecule has 0 saturated heterocycles. The average Bonchev–Trinajstić information content (AvgIpc) is 2.50. The van der Waals surface area contributed by atoms with E-state index >= 15 is 0 Å². The second-order valence-electron chi connectivity index (χ2n) is 5.00. The Labute approximate surface area is 134 Å². The topological polar surface area (TPSA) is 64.0 Å². The summed E-state index contributed by atoms with van der Waals surface area (Å²) in [5.74, 6) is -0.234. The van der Waals surface area contributed by atoms with Crippen molar-refractivity contribution in [2.75, 3.05) is 0 Å². The molecule has 0 atom stereocenters. The lowest BCUT2D eigenvalue weighted by Crippen LogP contribution is -2.32. The Kier molecular flexibility index (Phi) is 5.72. The molecule has 1 aromatic carbocycles. The van der Waals surface area contributed by atoms with Crippen molar-refractivity contribution in [3.05, 3.63) is 63.3 Å². The minimum atomic E-state index is -0.234. The first-order chi connectivity index (χ1) is 10.6. The monoisotopic (exact) mass is 319 g/mol. The third kappa shape index (κ3) is 4.70. The van der Waals surface area contributed by atoms with Crippen LogP contribution in [0.1, 0.15) is 24.6 Å². The molecule has 6 heteroatoms. The van der Waals surface area contributed by atoms with Gasteiger partial charge in [-0.2, -0.15) is 0 Å². The molecule has 22 heavy (non-hydrogen) atoms. The van der Waals surface area contributed by atoms with Crippen molar-refractivity contribution < 1.29 is 4.79 Å². The fourth-order valence-electron chi connectivity index (χ4n) is 1.99. The van der Waals surface area contributed by atoms with Crippen LogP contribution in [-0.2, 0) is 24.3 Å². The van der Waals surface area contributed by atoms with Crippen LogP contribution in [0.4, 0.5) is 0 Å². The molecular formula is C16H18ClN3O2. The molecule has 2 rings (SSSR count). The fourth-order valence-corrected chi connectivity index (χ4v) is 2.11. The standard InChI is InChI=1S/C16H18ClN3O2/c1-2-3-14-8-16(22)20(11-19-14)10-15(21)18-9-12-4-6-13(17)7-5-12/h4-8,11H,2-3,9-10H2,1H3,(H,18,21). The Bertz CT molecular complexity index is 695. The number of rotatable bonds is 6. The largest absolute Gasteiger partial charge is 0.350 e. The molecule has 0 spiro atoms. The fraction of sp³-hybridized carbons (Fsp3) is 0.312. The number of aryl methyl sites for hydroxylation is 1. The summed E-state index contributed by atoms with van der Waals surface area (Å²) in [7, 11) is 0. The van der Waals surface area contributed by atoms with Crippen molar-refractivity contribution in [3.8, 4) is 0 Å². The summed E-state index contributed by atoms with van der Waals surface area (Å²) in [6.07, 6.45) is 3.12. The van der Waals surface area contributed by atoms with Gasteiger partial charge < -0.3 is 5.32 Å². The molecule has 0 saturated carbocycles. The van der Waals surface area contributed by atoms with Crippen LogP contribution in [0.25, 0.3) is 0 Å². The van der Waals surface area contributed by atoms with Crippen LogP contribution < -0.4 is 10.9 Å². The molecule has 0 bridgehead atoms. The molecule has 1 heterocycles. The Morgan fingerprint density at radius 3 is 2.68 bits per heavy atom. The van der Waals surface area contributed by atoms with Crippen LogP contribution >= 0.6 is 11.6 Å². The van der Waals surface area contributed by atoms with E-state index in [2.05, 4.69) is 10.3 Å². The maximum absolute atomic E-state index is 11.9. The van der Waals surface area contributed by atoms with Crippen molar-refractivity contribution in [1.82, 2.24) is 14.9 Å². The van der Waals surface area contributed by atoms with Gasteiger partial charge in [-0.05, 0) is 24.1 Å². The summed E-state index contributed by atoms with van der Waals surface area (Å²) >= 11 is 5.80. The first-order valence-electron chi connectivity index (χ1n) is 7.15. The van der Waals surface area contributed by atoms with Gasteiger partial charge in [-0.15, -0.1) is 0 Å². The predicted molar refractivity (Wildman–Crippen MR) is 85.8 cm³/mol. The van der Waals surface area contributed by atoms with E-state index in [9.17, 15) is 9.59 Å². The van der Waals surface area contributed by atoms with Gasteiger partial charge in [0.25, 0.3) is 5.56 Å². The van der Waals surface area contributed by atoms with E-state index in [1.807, 2.05) is 19.1 Å². The summed E-state index contributed by atoms with van der Waals surface area (Å²) in [6, 6.07) is 8.70. The number of carbonyl (C=O) groups excluding carboxylic acids is 1. The molecule has 0 aliphatic heterocycles. The SMILES string of the molecule is CCCc1cc(=O)n(CC(=O)NCc2ccc(Cl)cc2)cn1. The lowest BCUT2D eigenvalue weighted by atomic mass is 10.2. The van der Waals surface area contributed by atoms with Crippen LogP contribution in [0.2, 0.25) is 5.02 Å². The normalized spacial score (nSPS) is 10.5. The number of halogens is 1. The lowest BCUT2D eigenvalue weighted by Gasteiger charge is -2.08. The van der Waals surface area contributed by atoms with E-state index in [1.165, 1.54) is 17.0 Å². The predicted octanol–water partition coefficient (Wildman–Crippen LogP) is 2.17. The number of nitrogens with one attached hydrogen (secondary N) is 1. The first-order valence-corrected chi connectivity index (χ1v) is 7.53. The van der Waals surface area contributed by atoms with Gasteiger partial charge in [0.2, 0.25) is 5.91 Å². The Balaban J connectivity index is 1.91. The highest BCUT2D eigenvalue weighted by Crippen LogP contribution is 2.09. The second-order valence-corrected chi connectivity index (χ2v) is 5.44. The number of benzene rings is 1. The smallest absolute Gasteiger partial charge is 0.253 e. The van der Waals surface area contributed by atoms with Crippen molar-refractivity contribution in [2.45, 2.75) is 32.9 Å². The lowest BCUT2D eigenvalue weighted by molar-refractivity contribution is -0.121. The molecule has 0 aliphatic rings. The van der Waals surface area contributed by atoms with Gasteiger partial charge in [0.1, 0.15) is 6.54 Å². The maximum Gasteiger partial charge on any atom is 0.253 e. The van der Waals surface area contributed by atoms with E-state index in [4.69, 9.17) is 11.6 Å². The molecule has 2 aromatic rings. The molecule has 116 valence electrons. The summed E-state index contributed by atoms with van der Waals surface area (Å²) in [5.41, 5.74) is 1.49.